The highest BCUT2D eigenvalue weighted by Gasteiger charge is 2.26. The molecule has 126 valence electrons. The van der Waals surface area contributed by atoms with Crippen molar-refractivity contribution in [1.29, 1.82) is 0 Å². The minimum atomic E-state index is 0.851. The van der Waals surface area contributed by atoms with Crippen molar-refractivity contribution >= 4 is 5.69 Å². The summed E-state index contributed by atoms with van der Waals surface area (Å²) in [6, 6.07) is 10.2. The zero-order chi connectivity index (χ0) is 15.5. The van der Waals surface area contributed by atoms with Crippen LogP contribution < -0.4 is 4.90 Å². The third-order valence-corrected chi connectivity index (χ3v) is 6.09. The molecule has 3 nitrogen and oxygen atoms in total. The topological polar surface area (TPSA) is 9.72 Å². The Morgan fingerprint density at radius 3 is 2.09 bits per heavy atom. The molecule has 3 fully saturated rings. The lowest BCUT2D eigenvalue weighted by atomic mass is 10.0. The van der Waals surface area contributed by atoms with E-state index in [9.17, 15) is 0 Å². The van der Waals surface area contributed by atoms with Crippen LogP contribution in [0.3, 0.4) is 0 Å². The maximum absolute atomic E-state index is 2.73. The number of rotatable bonds is 5. The van der Waals surface area contributed by atoms with Gasteiger partial charge in [0.05, 0.1) is 0 Å². The van der Waals surface area contributed by atoms with Crippen LogP contribution in [0.1, 0.15) is 37.7 Å². The molecule has 3 saturated heterocycles. The summed E-state index contributed by atoms with van der Waals surface area (Å²) in [6.07, 6.45) is 8.12. The van der Waals surface area contributed by atoms with Gasteiger partial charge in [0, 0.05) is 31.4 Å². The van der Waals surface area contributed by atoms with Gasteiger partial charge in [-0.15, -0.1) is 0 Å². The first-order valence-corrected chi connectivity index (χ1v) is 9.69. The molecule has 0 atom stereocenters. The fourth-order valence-corrected chi connectivity index (χ4v) is 4.36. The van der Waals surface area contributed by atoms with Crippen molar-refractivity contribution in [3.63, 3.8) is 0 Å². The molecule has 0 aromatic heterocycles. The highest BCUT2D eigenvalue weighted by Crippen LogP contribution is 2.25. The Kier molecular flexibility index (Phi) is 4.86. The molecule has 1 aromatic carbocycles. The second kappa shape index (κ2) is 7.23. The van der Waals surface area contributed by atoms with Gasteiger partial charge in [-0.2, -0.15) is 0 Å². The molecule has 0 amide bonds. The first-order chi connectivity index (χ1) is 11.4. The van der Waals surface area contributed by atoms with Gasteiger partial charge in [0.1, 0.15) is 0 Å². The second-order valence-electron chi connectivity index (χ2n) is 7.57. The molecule has 23 heavy (non-hydrogen) atoms. The minimum Gasteiger partial charge on any atom is -0.371 e. The zero-order valence-corrected chi connectivity index (χ0v) is 14.4. The van der Waals surface area contributed by atoms with Crippen molar-refractivity contribution in [3.8, 4) is 0 Å². The van der Waals surface area contributed by atoms with Crippen molar-refractivity contribution in [3.05, 3.63) is 29.8 Å². The normalized spacial score (nSPS) is 24.1. The number of nitrogens with zero attached hydrogens (tertiary/aromatic N) is 3. The number of benzene rings is 1. The first-order valence-electron chi connectivity index (χ1n) is 9.69. The van der Waals surface area contributed by atoms with Gasteiger partial charge in [-0.25, -0.2) is 0 Å². The van der Waals surface area contributed by atoms with E-state index in [1.54, 1.807) is 0 Å². The summed E-state index contributed by atoms with van der Waals surface area (Å²) in [6.45, 7) is 9.00. The Morgan fingerprint density at radius 1 is 0.783 bits per heavy atom. The lowest BCUT2D eigenvalue weighted by Gasteiger charge is -2.37. The fraction of sp³-hybridized carbons (Fsp3) is 0.700. The van der Waals surface area contributed by atoms with E-state index in [1.807, 2.05) is 0 Å². The smallest absolute Gasteiger partial charge is 0.0366 e. The van der Waals surface area contributed by atoms with E-state index in [0.717, 1.165) is 6.04 Å². The Labute approximate surface area is 141 Å². The average Bonchev–Trinajstić information content (AvgIpc) is 3.09. The van der Waals surface area contributed by atoms with E-state index in [0.29, 0.717) is 0 Å². The molecule has 3 aliphatic heterocycles. The molecule has 0 N–H and O–H groups in total. The van der Waals surface area contributed by atoms with E-state index >= 15 is 0 Å². The van der Waals surface area contributed by atoms with Crippen LogP contribution in [0.15, 0.2) is 24.3 Å². The van der Waals surface area contributed by atoms with Crippen molar-refractivity contribution in [2.24, 2.45) is 0 Å². The van der Waals surface area contributed by atoms with E-state index in [-0.39, 0.29) is 0 Å². The van der Waals surface area contributed by atoms with Crippen LogP contribution in [0.4, 0.5) is 5.69 Å². The van der Waals surface area contributed by atoms with Gasteiger partial charge in [-0.1, -0.05) is 12.1 Å². The maximum atomic E-state index is 2.73. The molecule has 0 bridgehead atoms. The van der Waals surface area contributed by atoms with Gasteiger partial charge < -0.3 is 14.7 Å². The number of anilines is 1. The van der Waals surface area contributed by atoms with Gasteiger partial charge in [-0.05, 0) is 82.4 Å². The number of hydrogen-bond acceptors (Lipinski definition) is 3. The van der Waals surface area contributed by atoms with Crippen molar-refractivity contribution in [2.45, 2.75) is 44.6 Å². The Bertz CT molecular complexity index is 480. The van der Waals surface area contributed by atoms with Gasteiger partial charge in [0.25, 0.3) is 0 Å². The predicted molar refractivity (Wildman–Crippen MR) is 97.2 cm³/mol. The minimum absolute atomic E-state index is 0.851. The zero-order valence-electron chi connectivity index (χ0n) is 14.4. The van der Waals surface area contributed by atoms with Crippen LogP contribution in [0, 0.1) is 0 Å². The molecule has 1 aromatic rings. The molecule has 0 saturated carbocycles. The van der Waals surface area contributed by atoms with E-state index in [2.05, 4.69) is 39.0 Å². The monoisotopic (exact) mass is 313 g/mol. The Morgan fingerprint density at radius 2 is 1.48 bits per heavy atom. The molecule has 0 aliphatic carbocycles. The molecular weight excluding hydrogens is 282 g/mol. The molecule has 3 heterocycles. The summed E-state index contributed by atoms with van der Waals surface area (Å²) in [4.78, 5) is 7.87. The third kappa shape index (κ3) is 3.72. The van der Waals surface area contributed by atoms with Gasteiger partial charge in [0.15, 0.2) is 0 Å². The van der Waals surface area contributed by atoms with Crippen LogP contribution in [-0.2, 0) is 6.42 Å². The number of piperidine rings is 1. The van der Waals surface area contributed by atoms with E-state index < -0.39 is 0 Å². The van der Waals surface area contributed by atoms with Gasteiger partial charge in [-0.3, -0.25) is 0 Å². The van der Waals surface area contributed by atoms with Crippen molar-refractivity contribution in [1.82, 2.24) is 9.80 Å². The van der Waals surface area contributed by atoms with Gasteiger partial charge in [0.2, 0.25) is 0 Å². The molecule has 3 aliphatic rings. The fourth-order valence-electron chi connectivity index (χ4n) is 4.36. The quantitative estimate of drug-likeness (QED) is 0.827. The lowest BCUT2D eigenvalue weighted by Crippen LogP contribution is -2.43. The molecular formula is C20H31N3. The summed E-state index contributed by atoms with van der Waals surface area (Å²) < 4.78 is 0. The molecule has 3 heteroatoms. The third-order valence-electron chi connectivity index (χ3n) is 6.09. The largest absolute Gasteiger partial charge is 0.371 e. The van der Waals surface area contributed by atoms with E-state index in [1.165, 1.54) is 95.6 Å². The van der Waals surface area contributed by atoms with Crippen molar-refractivity contribution < 1.29 is 0 Å². The number of hydrogen-bond donors (Lipinski definition) is 0. The van der Waals surface area contributed by atoms with Crippen LogP contribution in [0.2, 0.25) is 0 Å². The average molecular weight is 313 g/mol. The second-order valence-corrected chi connectivity index (χ2v) is 7.57. The first kappa shape index (κ1) is 15.5. The SMILES string of the molecule is c1cc(N2CCC(N3CCCC3)CC2)ccc1CCN1CCC1. The highest BCUT2D eigenvalue weighted by molar-refractivity contribution is 5.48. The Balaban J connectivity index is 1.26. The maximum Gasteiger partial charge on any atom is 0.0366 e. The lowest BCUT2D eigenvalue weighted by molar-refractivity contribution is 0.184. The molecule has 4 rings (SSSR count). The number of likely N-dealkylation sites (tertiary alicyclic amines) is 2. The van der Waals surface area contributed by atoms with E-state index in [4.69, 9.17) is 0 Å². The van der Waals surface area contributed by atoms with Crippen LogP contribution in [-0.4, -0.2) is 61.7 Å². The van der Waals surface area contributed by atoms with Gasteiger partial charge >= 0.3 is 0 Å². The molecule has 0 unspecified atom stereocenters. The Hall–Kier alpha value is -1.06. The van der Waals surface area contributed by atoms with Crippen LogP contribution >= 0.6 is 0 Å². The molecule has 0 radical (unpaired) electrons. The highest BCUT2D eigenvalue weighted by atomic mass is 15.2. The van der Waals surface area contributed by atoms with Crippen LogP contribution in [0.25, 0.3) is 0 Å². The van der Waals surface area contributed by atoms with Crippen LogP contribution in [0.5, 0.6) is 0 Å². The summed E-state index contributed by atoms with van der Waals surface area (Å²) in [5, 5.41) is 0. The predicted octanol–water partition coefficient (Wildman–Crippen LogP) is 3.00. The summed E-state index contributed by atoms with van der Waals surface area (Å²) in [5.74, 6) is 0. The molecule has 0 spiro atoms. The summed E-state index contributed by atoms with van der Waals surface area (Å²) >= 11 is 0. The summed E-state index contributed by atoms with van der Waals surface area (Å²) in [5.41, 5.74) is 2.92. The standard InChI is InChI=1S/C20H31N3/c1-2-14-22(13-1)20-9-16-23(17-10-20)19-6-4-18(5-7-19)8-15-21-11-3-12-21/h4-7,20H,1-3,8-17H2. The van der Waals surface area contributed by atoms with Crippen molar-refractivity contribution in [2.75, 3.05) is 50.7 Å². The summed E-state index contributed by atoms with van der Waals surface area (Å²) in [7, 11) is 0.